The van der Waals surface area contributed by atoms with Crippen LogP contribution in [0.15, 0.2) is 0 Å². The molecular weight excluding hydrogens is 248 g/mol. The molecule has 2 unspecified atom stereocenters. The van der Waals surface area contributed by atoms with E-state index in [0.717, 1.165) is 0 Å². The second-order valence-corrected chi connectivity index (χ2v) is 8.82. The summed E-state index contributed by atoms with van der Waals surface area (Å²) >= 11 is 0. The molecule has 1 heterocycles. The van der Waals surface area contributed by atoms with Gasteiger partial charge in [-0.2, -0.15) is 0 Å². The molecule has 0 aliphatic carbocycles. The third kappa shape index (κ3) is 5.97. The number of rotatable bonds is 9. The number of hydrogen-bond donors (Lipinski definition) is 1. The fourth-order valence-corrected chi connectivity index (χ4v) is 3.72. The molecule has 1 aliphatic rings. The van der Waals surface area contributed by atoms with Gasteiger partial charge in [0.1, 0.15) is 0 Å². The zero-order chi connectivity index (χ0) is 14.1. The summed E-state index contributed by atoms with van der Waals surface area (Å²) in [6.45, 7) is 10.8. The van der Waals surface area contributed by atoms with Crippen molar-refractivity contribution in [3.05, 3.63) is 0 Å². The molecule has 19 heavy (non-hydrogen) atoms. The maximum atomic E-state index is 3.63. The molecule has 0 spiro atoms. The van der Waals surface area contributed by atoms with Gasteiger partial charge in [-0.15, -0.1) is 0 Å². The maximum absolute atomic E-state index is 3.63. The predicted octanol–water partition coefficient (Wildman–Crippen LogP) is 2.50. The highest BCUT2D eigenvalue weighted by molar-refractivity contribution is 6.15. The molecule has 0 aromatic rings. The minimum Gasteiger partial charge on any atom is -0.311 e. The second-order valence-electron chi connectivity index (χ2n) is 6.79. The molecule has 0 aromatic carbocycles. The summed E-state index contributed by atoms with van der Waals surface area (Å²) in [6.07, 6.45) is 11.4. The molecule has 0 amide bonds. The van der Waals surface area contributed by atoms with E-state index in [-0.39, 0.29) is 0 Å². The van der Waals surface area contributed by atoms with Crippen LogP contribution in [0.3, 0.4) is 0 Å². The SMILES string of the molecule is CCCCCCCCCCN1CCNC(C)C1(C)[SiH3]. The fraction of sp³-hybridized carbons (Fsp3) is 1.00. The van der Waals surface area contributed by atoms with Gasteiger partial charge in [0.2, 0.25) is 0 Å². The highest BCUT2D eigenvalue weighted by Gasteiger charge is 2.34. The van der Waals surface area contributed by atoms with E-state index in [0.29, 0.717) is 11.2 Å². The molecule has 1 saturated heterocycles. The summed E-state index contributed by atoms with van der Waals surface area (Å²) in [5, 5.41) is 4.08. The van der Waals surface area contributed by atoms with Crippen molar-refractivity contribution in [1.29, 1.82) is 0 Å². The van der Waals surface area contributed by atoms with Gasteiger partial charge in [0.25, 0.3) is 0 Å². The number of nitrogens with one attached hydrogen (secondary N) is 1. The molecule has 0 saturated carbocycles. The zero-order valence-electron chi connectivity index (χ0n) is 13.8. The summed E-state index contributed by atoms with van der Waals surface area (Å²) in [5.41, 5.74) is 0. The number of nitrogens with zero attached hydrogens (tertiary/aromatic N) is 1. The summed E-state index contributed by atoms with van der Waals surface area (Å²) in [7, 11) is 1.26. The molecule has 1 N–H and O–H groups in total. The highest BCUT2D eigenvalue weighted by atomic mass is 28.1. The van der Waals surface area contributed by atoms with Crippen molar-refractivity contribution in [2.45, 2.75) is 83.3 Å². The van der Waals surface area contributed by atoms with E-state index in [1.165, 1.54) is 81.2 Å². The summed E-state index contributed by atoms with van der Waals surface area (Å²) in [5.74, 6) is 0. The third-order valence-electron chi connectivity index (χ3n) is 4.99. The van der Waals surface area contributed by atoms with E-state index in [1.807, 2.05) is 0 Å². The van der Waals surface area contributed by atoms with Crippen molar-refractivity contribution in [2.75, 3.05) is 19.6 Å². The van der Waals surface area contributed by atoms with Crippen molar-refractivity contribution in [3.8, 4) is 0 Å². The lowest BCUT2D eigenvalue weighted by atomic mass is 10.0. The lowest BCUT2D eigenvalue weighted by Crippen LogP contribution is -2.65. The predicted molar refractivity (Wildman–Crippen MR) is 90.0 cm³/mol. The van der Waals surface area contributed by atoms with Gasteiger partial charge in [0, 0.05) is 34.5 Å². The Kier molecular flexibility index (Phi) is 8.27. The van der Waals surface area contributed by atoms with Crippen molar-refractivity contribution in [3.63, 3.8) is 0 Å². The summed E-state index contributed by atoms with van der Waals surface area (Å²) in [6, 6.07) is 0.668. The lowest BCUT2D eigenvalue weighted by Gasteiger charge is -2.47. The van der Waals surface area contributed by atoms with Crippen LogP contribution in [0.5, 0.6) is 0 Å². The van der Waals surface area contributed by atoms with Gasteiger partial charge < -0.3 is 5.32 Å². The minimum atomic E-state index is 0.458. The first-order valence-corrected chi connectivity index (χ1v) is 9.57. The Morgan fingerprint density at radius 2 is 1.68 bits per heavy atom. The van der Waals surface area contributed by atoms with Crippen LogP contribution in [0.25, 0.3) is 0 Å². The Labute approximate surface area is 124 Å². The molecule has 0 bridgehead atoms. The molecule has 1 fully saturated rings. The second kappa shape index (κ2) is 9.14. The van der Waals surface area contributed by atoms with Gasteiger partial charge in [0.15, 0.2) is 0 Å². The van der Waals surface area contributed by atoms with E-state index in [2.05, 4.69) is 31.0 Å². The molecule has 3 heteroatoms. The van der Waals surface area contributed by atoms with Crippen LogP contribution in [0.1, 0.15) is 72.1 Å². The average molecular weight is 285 g/mol. The van der Waals surface area contributed by atoms with E-state index in [4.69, 9.17) is 0 Å². The largest absolute Gasteiger partial charge is 0.311 e. The Balaban J connectivity index is 2.05. The van der Waals surface area contributed by atoms with Crippen molar-refractivity contribution >= 4 is 10.2 Å². The van der Waals surface area contributed by atoms with Crippen LogP contribution >= 0.6 is 0 Å². The standard InChI is InChI=1S/C16H36N2Si/c1-4-5-6-7-8-9-10-11-13-18-14-12-17-15(2)16(18,3)19/h15,17H,4-14H2,1-3,19H3. The molecule has 1 aliphatic heterocycles. The van der Waals surface area contributed by atoms with Crippen LogP contribution in [0.2, 0.25) is 0 Å². The van der Waals surface area contributed by atoms with Crippen LogP contribution in [0.4, 0.5) is 0 Å². The lowest BCUT2D eigenvalue weighted by molar-refractivity contribution is 0.103. The third-order valence-corrected chi connectivity index (χ3v) is 6.49. The van der Waals surface area contributed by atoms with E-state index in [9.17, 15) is 0 Å². The molecule has 1 rings (SSSR count). The maximum Gasteiger partial charge on any atom is 0.0300 e. The molecule has 114 valence electrons. The van der Waals surface area contributed by atoms with Gasteiger partial charge in [0.05, 0.1) is 0 Å². The van der Waals surface area contributed by atoms with Crippen molar-refractivity contribution in [2.24, 2.45) is 0 Å². The average Bonchev–Trinajstić information content (AvgIpc) is 2.37. The first kappa shape index (κ1) is 17.2. The van der Waals surface area contributed by atoms with Gasteiger partial charge in [-0.1, -0.05) is 51.9 Å². The number of hydrogen-bond acceptors (Lipinski definition) is 2. The molecule has 2 nitrogen and oxygen atoms in total. The Bertz CT molecular complexity index is 231. The van der Waals surface area contributed by atoms with E-state index in [1.54, 1.807) is 0 Å². The molecule has 0 radical (unpaired) electrons. The Morgan fingerprint density at radius 3 is 2.32 bits per heavy atom. The molecular formula is C16H36N2Si. The van der Waals surface area contributed by atoms with Crippen LogP contribution in [-0.4, -0.2) is 46.0 Å². The van der Waals surface area contributed by atoms with Gasteiger partial charge >= 0.3 is 0 Å². The van der Waals surface area contributed by atoms with Gasteiger partial charge in [-0.25, -0.2) is 0 Å². The van der Waals surface area contributed by atoms with Crippen LogP contribution in [-0.2, 0) is 0 Å². The Hall–Kier alpha value is 0.137. The van der Waals surface area contributed by atoms with Gasteiger partial charge in [-0.05, 0) is 26.8 Å². The van der Waals surface area contributed by atoms with Gasteiger partial charge in [-0.3, -0.25) is 4.90 Å². The number of unbranched alkanes of at least 4 members (excludes halogenated alkanes) is 7. The Morgan fingerprint density at radius 1 is 1.11 bits per heavy atom. The van der Waals surface area contributed by atoms with E-state index < -0.39 is 0 Å². The smallest absolute Gasteiger partial charge is 0.0300 e. The van der Waals surface area contributed by atoms with E-state index >= 15 is 0 Å². The summed E-state index contributed by atoms with van der Waals surface area (Å²) < 4.78 is 0. The normalized spacial score (nSPS) is 28.9. The van der Waals surface area contributed by atoms with Crippen molar-refractivity contribution in [1.82, 2.24) is 10.2 Å². The quantitative estimate of drug-likeness (QED) is 0.517. The zero-order valence-corrected chi connectivity index (χ0v) is 15.8. The highest BCUT2D eigenvalue weighted by Crippen LogP contribution is 2.20. The monoisotopic (exact) mass is 284 g/mol. The minimum absolute atomic E-state index is 0.458. The number of piperazine rings is 1. The molecule has 2 atom stereocenters. The van der Waals surface area contributed by atoms with Crippen LogP contribution in [0, 0.1) is 0 Å². The topological polar surface area (TPSA) is 15.3 Å². The fourth-order valence-electron chi connectivity index (χ4n) is 3.06. The first-order chi connectivity index (χ1) is 9.09. The van der Waals surface area contributed by atoms with Crippen LogP contribution < -0.4 is 5.32 Å². The first-order valence-electron chi connectivity index (χ1n) is 8.57. The molecule has 0 aromatic heterocycles. The summed E-state index contributed by atoms with van der Waals surface area (Å²) in [4.78, 5) is 2.75. The van der Waals surface area contributed by atoms with Crippen molar-refractivity contribution < 1.29 is 0 Å².